The van der Waals surface area contributed by atoms with Crippen LogP contribution in [0.2, 0.25) is 0 Å². The van der Waals surface area contributed by atoms with Crippen LogP contribution in [0, 0.1) is 0 Å². The first-order chi connectivity index (χ1) is 14.1. The van der Waals surface area contributed by atoms with E-state index in [9.17, 15) is 14.4 Å². The zero-order valence-corrected chi connectivity index (χ0v) is 16.8. The quantitative estimate of drug-likeness (QED) is 0.583. The summed E-state index contributed by atoms with van der Waals surface area (Å²) < 4.78 is 12.6. The number of hydrogen-bond donors (Lipinski definition) is 3. The number of amides is 3. The molecule has 1 aromatic carbocycles. The van der Waals surface area contributed by atoms with Crippen molar-refractivity contribution in [3.8, 4) is 11.5 Å². The lowest BCUT2D eigenvalue weighted by molar-refractivity contribution is -0.117. The van der Waals surface area contributed by atoms with E-state index in [1.807, 2.05) is 6.92 Å². The summed E-state index contributed by atoms with van der Waals surface area (Å²) in [5.41, 5.74) is 0.168. The number of nitrogens with zero attached hydrogens (tertiary/aromatic N) is 2. The third-order valence-corrected chi connectivity index (χ3v) is 5.03. The molecule has 0 saturated heterocycles. The number of H-pyrrole nitrogens is 1. The minimum Gasteiger partial charge on any atom is -0.490 e. The Bertz CT molecular complexity index is 926. The molecule has 2 heterocycles. The van der Waals surface area contributed by atoms with Crippen molar-refractivity contribution in [1.29, 1.82) is 0 Å². The minimum atomic E-state index is -0.657. The Morgan fingerprint density at radius 1 is 1.28 bits per heavy atom. The van der Waals surface area contributed by atoms with Crippen LogP contribution < -0.4 is 25.8 Å². The summed E-state index contributed by atoms with van der Waals surface area (Å²) in [5.74, 6) is 0.615. The summed E-state index contributed by atoms with van der Waals surface area (Å²) in [7, 11) is 0. The first-order valence-corrected chi connectivity index (χ1v) is 10.3. The van der Waals surface area contributed by atoms with Crippen LogP contribution in [0.1, 0.15) is 26.2 Å². The van der Waals surface area contributed by atoms with Crippen LogP contribution >= 0.6 is 11.8 Å². The Hall–Kier alpha value is -2.95. The van der Waals surface area contributed by atoms with Gasteiger partial charge in [-0.25, -0.2) is 14.7 Å². The Morgan fingerprint density at radius 3 is 2.86 bits per heavy atom. The van der Waals surface area contributed by atoms with Crippen LogP contribution in [0.4, 0.5) is 10.5 Å². The molecule has 10 nitrogen and oxygen atoms in total. The van der Waals surface area contributed by atoms with E-state index in [4.69, 9.17) is 9.47 Å². The summed E-state index contributed by atoms with van der Waals surface area (Å²) in [6.07, 6.45) is 2.55. The Morgan fingerprint density at radius 2 is 2.07 bits per heavy atom. The number of urea groups is 1. The van der Waals surface area contributed by atoms with Crippen LogP contribution in [-0.2, 0) is 11.3 Å². The molecule has 1 aromatic heterocycles. The SMILES string of the molecule is CCCCn1c(SCC(=O)NC(=O)Nc2ccc3c(c2)OCCCO3)n[nH]c1=O. The third kappa shape index (κ3) is 5.76. The molecule has 2 aromatic rings. The molecule has 3 N–H and O–H groups in total. The van der Waals surface area contributed by atoms with Gasteiger partial charge in [0.2, 0.25) is 5.91 Å². The molecule has 0 fully saturated rings. The van der Waals surface area contributed by atoms with Gasteiger partial charge in [-0.2, -0.15) is 0 Å². The monoisotopic (exact) mass is 421 g/mol. The standard InChI is InChI=1S/C18H23N5O5S/c1-2-3-7-23-17(26)21-22-18(23)29-11-15(24)20-16(25)19-12-5-6-13-14(10-12)28-9-4-8-27-13/h5-6,10H,2-4,7-9,11H2,1H3,(H,21,26)(H2,19,20,24,25). The average Bonchev–Trinajstić information content (AvgIpc) is 2.89. The fourth-order valence-corrected chi connectivity index (χ4v) is 3.40. The lowest BCUT2D eigenvalue weighted by Crippen LogP contribution is -2.35. The first kappa shape index (κ1) is 20.8. The van der Waals surface area contributed by atoms with E-state index in [1.54, 1.807) is 18.2 Å². The minimum absolute atomic E-state index is 0.0506. The van der Waals surface area contributed by atoms with Gasteiger partial charge in [0, 0.05) is 24.7 Å². The van der Waals surface area contributed by atoms with Gasteiger partial charge < -0.3 is 14.8 Å². The van der Waals surface area contributed by atoms with Gasteiger partial charge in [-0.15, -0.1) is 5.10 Å². The molecule has 0 aliphatic carbocycles. The van der Waals surface area contributed by atoms with Crippen molar-refractivity contribution < 1.29 is 19.1 Å². The molecule has 0 bridgehead atoms. The number of imide groups is 1. The molecule has 0 atom stereocenters. The Kier molecular flexibility index (Phi) is 7.17. The highest BCUT2D eigenvalue weighted by Gasteiger charge is 2.15. The number of carbonyl (C=O) groups excluding carboxylic acids is 2. The van der Waals surface area contributed by atoms with Crippen LogP contribution in [0.5, 0.6) is 11.5 Å². The number of nitrogens with one attached hydrogen (secondary N) is 3. The molecule has 3 rings (SSSR count). The topological polar surface area (TPSA) is 127 Å². The highest BCUT2D eigenvalue weighted by Crippen LogP contribution is 2.32. The Labute approximate surface area is 171 Å². The number of aromatic nitrogens is 3. The summed E-state index contributed by atoms with van der Waals surface area (Å²) in [6, 6.07) is 4.37. The highest BCUT2D eigenvalue weighted by atomic mass is 32.2. The second-order valence-electron chi connectivity index (χ2n) is 6.32. The van der Waals surface area contributed by atoms with Crippen molar-refractivity contribution in [2.75, 3.05) is 24.3 Å². The molecule has 3 amide bonds. The fourth-order valence-electron chi connectivity index (χ4n) is 2.62. The first-order valence-electron chi connectivity index (χ1n) is 9.35. The predicted molar refractivity (Wildman–Crippen MR) is 108 cm³/mol. The van der Waals surface area contributed by atoms with E-state index in [0.29, 0.717) is 42.1 Å². The molecule has 1 aliphatic rings. The van der Waals surface area contributed by atoms with Gasteiger partial charge in [0.05, 0.1) is 19.0 Å². The number of unbranched alkanes of at least 4 members (excludes halogenated alkanes) is 1. The number of benzene rings is 1. The molecular weight excluding hydrogens is 398 g/mol. The van der Waals surface area contributed by atoms with E-state index in [1.165, 1.54) is 4.57 Å². The van der Waals surface area contributed by atoms with Gasteiger partial charge in [0.1, 0.15) is 0 Å². The number of aromatic amines is 1. The lowest BCUT2D eigenvalue weighted by atomic mass is 10.3. The summed E-state index contributed by atoms with van der Waals surface area (Å²) in [6.45, 7) is 3.66. The third-order valence-electron chi connectivity index (χ3n) is 4.05. The van der Waals surface area contributed by atoms with Crippen LogP contribution in [0.15, 0.2) is 28.2 Å². The number of ether oxygens (including phenoxy) is 2. The average molecular weight is 421 g/mol. The van der Waals surface area contributed by atoms with Crippen LogP contribution in [0.3, 0.4) is 0 Å². The second-order valence-corrected chi connectivity index (χ2v) is 7.26. The Balaban J connectivity index is 1.50. The van der Waals surface area contributed by atoms with Crippen LogP contribution in [0.25, 0.3) is 0 Å². The van der Waals surface area contributed by atoms with Crippen molar-refractivity contribution >= 4 is 29.4 Å². The molecule has 1 aliphatic heterocycles. The van der Waals surface area contributed by atoms with Crippen molar-refractivity contribution in [2.45, 2.75) is 37.9 Å². The lowest BCUT2D eigenvalue weighted by Gasteiger charge is -2.11. The van der Waals surface area contributed by atoms with Gasteiger partial charge >= 0.3 is 11.7 Å². The van der Waals surface area contributed by atoms with E-state index >= 15 is 0 Å². The number of hydrogen-bond acceptors (Lipinski definition) is 7. The molecule has 0 spiro atoms. The smallest absolute Gasteiger partial charge is 0.343 e. The van der Waals surface area contributed by atoms with Crippen LogP contribution in [-0.4, -0.2) is 45.7 Å². The maximum absolute atomic E-state index is 12.1. The van der Waals surface area contributed by atoms with E-state index in [0.717, 1.165) is 31.0 Å². The van der Waals surface area contributed by atoms with Gasteiger partial charge in [-0.05, 0) is 18.6 Å². The summed E-state index contributed by atoms with van der Waals surface area (Å²) in [4.78, 5) is 35.9. The number of carbonyl (C=O) groups is 2. The molecule has 11 heteroatoms. The largest absolute Gasteiger partial charge is 0.490 e. The van der Waals surface area contributed by atoms with Gasteiger partial charge in [0.15, 0.2) is 16.7 Å². The van der Waals surface area contributed by atoms with E-state index < -0.39 is 11.9 Å². The summed E-state index contributed by atoms with van der Waals surface area (Å²) in [5, 5.41) is 11.6. The van der Waals surface area contributed by atoms with Gasteiger partial charge in [-0.1, -0.05) is 25.1 Å². The molecule has 29 heavy (non-hydrogen) atoms. The zero-order valence-electron chi connectivity index (χ0n) is 16.0. The van der Waals surface area contributed by atoms with E-state index in [2.05, 4.69) is 20.8 Å². The van der Waals surface area contributed by atoms with Gasteiger partial charge in [0.25, 0.3) is 0 Å². The van der Waals surface area contributed by atoms with Gasteiger partial charge in [-0.3, -0.25) is 14.7 Å². The second kappa shape index (κ2) is 10.0. The molecule has 0 saturated carbocycles. The fraction of sp³-hybridized carbons (Fsp3) is 0.444. The molecule has 0 unspecified atom stereocenters. The number of rotatable bonds is 7. The highest BCUT2D eigenvalue weighted by molar-refractivity contribution is 7.99. The van der Waals surface area contributed by atoms with Crippen molar-refractivity contribution in [3.05, 3.63) is 28.7 Å². The van der Waals surface area contributed by atoms with Crippen molar-refractivity contribution in [2.24, 2.45) is 0 Å². The van der Waals surface area contributed by atoms with E-state index in [-0.39, 0.29) is 11.4 Å². The molecular formula is C18H23N5O5S. The van der Waals surface area contributed by atoms with Crippen molar-refractivity contribution in [1.82, 2.24) is 20.1 Å². The predicted octanol–water partition coefficient (Wildman–Crippen LogP) is 1.97. The maximum Gasteiger partial charge on any atom is 0.343 e. The molecule has 0 radical (unpaired) electrons. The summed E-state index contributed by atoms with van der Waals surface area (Å²) >= 11 is 1.09. The maximum atomic E-state index is 12.1. The number of anilines is 1. The van der Waals surface area contributed by atoms with Crippen molar-refractivity contribution in [3.63, 3.8) is 0 Å². The zero-order chi connectivity index (χ0) is 20.6. The molecule has 156 valence electrons. The normalized spacial score (nSPS) is 12.9. The number of fused-ring (bicyclic) bond motifs is 1. The number of thioether (sulfide) groups is 1.